The molecule has 3 heterocycles. The molecule has 0 aromatic carbocycles. The van der Waals surface area contributed by atoms with Crippen LogP contribution in [0, 0.1) is 0 Å². The van der Waals surface area contributed by atoms with E-state index in [0.717, 1.165) is 23.5 Å². The molecule has 1 unspecified atom stereocenters. The predicted octanol–water partition coefficient (Wildman–Crippen LogP) is 2.07. The highest BCUT2D eigenvalue weighted by Gasteiger charge is 2.24. The number of fused-ring (bicyclic) bond motifs is 2. The minimum atomic E-state index is -0.193. The van der Waals surface area contributed by atoms with Crippen LogP contribution < -0.4 is 5.32 Å². The Balaban J connectivity index is 1.45. The van der Waals surface area contributed by atoms with Crippen LogP contribution in [-0.4, -0.2) is 38.0 Å². The van der Waals surface area contributed by atoms with E-state index in [1.165, 1.54) is 23.4 Å². The third-order valence-corrected chi connectivity index (χ3v) is 6.40. The third-order valence-electron chi connectivity index (χ3n) is 5.06. The average molecular weight is 373 g/mol. The first-order valence-electron chi connectivity index (χ1n) is 9.13. The van der Waals surface area contributed by atoms with Crippen LogP contribution >= 0.6 is 11.3 Å². The van der Waals surface area contributed by atoms with Crippen LogP contribution in [-0.2, 0) is 30.7 Å². The number of nitrogens with one attached hydrogen (secondary N) is 1. The first kappa shape index (κ1) is 17.2. The van der Waals surface area contributed by atoms with Gasteiger partial charge in [-0.2, -0.15) is 5.10 Å². The molecule has 0 bridgehead atoms. The van der Waals surface area contributed by atoms with Crippen molar-refractivity contribution in [3.8, 4) is 0 Å². The van der Waals surface area contributed by atoms with Gasteiger partial charge in [0.05, 0.1) is 30.5 Å². The Morgan fingerprint density at radius 2 is 2.08 bits per heavy atom. The second-order valence-corrected chi connectivity index (χ2v) is 8.12. The average Bonchev–Trinajstić information content (AvgIpc) is 3.24. The highest BCUT2D eigenvalue weighted by molar-refractivity contribution is 7.11. The number of hydrogen-bond acceptors (Lipinski definition) is 5. The molecule has 1 N–H and O–H groups in total. The molecule has 26 heavy (non-hydrogen) atoms. The Morgan fingerprint density at radius 1 is 1.27 bits per heavy atom. The van der Waals surface area contributed by atoms with E-state index < -0.39 is 0 Å². The highest BCUT2D eigenvalue weighted by atomic mass is 32.1. The molecule has 2 aliphatic rings. The van der Waals surface area contributed by atoms with Crippen molar-refractivity contribution in [3.63, 3.8) is 0 Å². The number of carbonyl (C=O) groups is 2. The zero-order chi connectivity index (χ0) is 18.3. The molecule has 2 aromatic heterocycles. The zero-order valence-electron chi connectivity index (χ0n) is 15.1. The molecule has 1 aliphatic carbocycles. The van der Waals surface area contributed by atoms with Gasteiger partial charge in [0.2, 0.25) is 5.91 Å². The summed E-state index contributed by atoms with van der Waals surface area (Å²) >= 11 is 1.72. The van der Waals surface area contributed by atoms with Crippen molar-refractivity contribution in [2.75, 3.05) is 6.54 Å². The summed E-state index contributed by atoms with van der Waals surface area (Å²) in [5.74, 6) is -0.147. The van der Waals surface area contributed by atoms with Gasteiger partial charge in [-0.15, -0.1) is 11.3 Å². The highest BCUT2D eigenvalue weighted by Crippen LogP contribution is 2.29. The maximum absolute atomic E-state index is 12.6. The Morgan fingerprint density at radius 3 is 2.85 bits per heavy atom. The van der Waals surface area contributed by atoms with Crippen molar-refractivity contribution in [2.45, 2.75) is 58.7 Å². The van der Waals surface area contributed by atoms with Crippen LogP contribution in [0.15, 0.2) is 6.07 Å². The predicted molar refractivity (Wildman–Crippen MR) is 98.0 cm³/mol. The van der Waals surface area contributed by atoms with Crippen molar-refractivity contribution in [1.82, 2.24) is 25.0 Å². The van der Waals surface area contributed by atoms with Crippen LogP contribution in [0.4, 0.5) is 0 Å². The molecule has 0 saturated heterocycles. The number of thiazole rings is 1. The number of carbonyl (C=O) groups excluding carboxylic acids is 2. The van der Waals surface area contributed by atoms with Gasteiger partial charge in [-0.3, -0.25) is 14.3 Å². The maximum atomic E-state index is 12.6. The van der Waals surface area contributed by atoms with E-state index in [2.05, 4.69) is 10.4 Å². The number of aromatic nitrogens is 3. The molecule has 1 aliphatic heterocycles. The van der Waals surface area contributed by atoms with Gasteiger partial charge in [-0.25, -0.2) is 4.98 Å². The number of rotatable bonds is 3. The topological polar surface area (TPSA) is 80.1 Å². The zero-order valence-corrected chi connectivity index (χ0v) is 15.9. The lowest BCUT2D eigenvalue weighted by molar-refractivity contribution is -0.130. The van der Waals surface area contributed by atoms with Crippen LogP contribution in [0.5, 0.6) is 0 Å². The fourth-order valence-electron chi connectivity index (χ4n) is 3.54. The van der Waals surface area contributed by atoms with Gasteiger partial charge in [0.15, 0.2) is 5.69 Å². The fourth-order valence-corrected chi connectivity index (χ4v) is 4.69. The molecule has 1 atom stereocenters. The van der Waals surface area contributed by atoms with Gasteiger partial charge in [0, 0.05) is 18.3 Å². The van der Waals surface area contributed by atoms with Gasteiger partial charge < -0.3 is 10.2 Å². The molecule has 0 spiro atoms. The summed E-state index contributed by atoms with van der Waals surface area (Å²) in [4.78, 5) is 32.0. The molecule has 0 saturated carbocycles. The van der Waals surface area contributed by atoms with E-state index in [1.54, 1.807) is 29.2 Å². The number of nitrogens with zero attached hydrogens (tertiary/aromatic N) is 4. The summed E-state index contributed by atoms with van der Waals surface area (Å²) in [6.45, 7) is 5.29. The normalized spacial score (nSPS) is 17.4. The Hall–Kier alpha value is -2.22. The monoisotopic (exact) mass is 373 g/mol. The minimum Gasteiger partial charge on any atom is -0.342 e. The van der Waals surface area contributed by atoms with Crippen LogP contribution in [0.2, 0.25) is 0 Å². The van der Waals surface area contributed by atoms with Crippen molar-refractivity contribution in [2.24, 2.45) is 0 Å². The van der Waals surface area contributed by atoms with Gasteiger partial charge in [0.1, 0.15) is 5.01 Å². The quantitative estimate of drug-likeness (QED) is 0.893. The van der Waals surface area contributed by atoms with E-state index in [1.807, 2.05) is 11.6 Å². The van der Waals surface area contributed by atoms with Crippen LogP contribution in [0.3, 0.4) is 0 Å². The third kappa shape index (κ3) is 3.25. The lowest BCUT2D eigenvalue weighted by atomic mass is 10.0. The first-order valence-corrected chi connectivity index (χ1v) is 9.94. The molecule has 7 nitrogen and oxygen atoms in total. The lowest BCUT2D eigenvalue weighted by Gasteiger charge is -2.26. The van der Waals surface area contributed by atoms with Crippen LogP contribution in [0.1, 0.15) is 64.5 Å². The Bertz CT molecular complexity index is 832. The Kier molecular flexibility index (Phi) is 4.52. The summed E-state index contributed by atoms with van der Waals surface area (Å²) in [6, 6.07) is 1.65. The molecule has 2 amide bonds. The Labute approximate surface area is 156 Å². The number of aryl methyl sites for hydroxylation is 2. The van der Waals surface area contributed by atoms with E-state index in [0.29, 0.717) is 25.3 Å². The van der Waals surface area contributed by atoms with Gasteiger partial charge in [0.25, 0.3) is 5.91 Å². The van der Waals surface area contributed by atoms with Crippen molar-refractivity contribution in [1.29, 1.82) is 0 Å². The largest absolute Gasteiger partial charge is 0.342 e. The minimum absolute atomic E-state index is 0.0461. The number of amides is 2. The summed E-state index contributed by atoms with van der Waals surface area (Å²) in [6.07, 6.45) is 4.59. The molecule has 8 heteroatoms. The smallest absolute Gasteiger partial charge is 0.272 e. The van der Waals surface area contributed by atoms with Crippen molar-refractivity contribution >= 4 is 23.2 Å². The molecular formula is C18H23N5O2S. The lowest BCUT2D eigenvalue weighted by Crippen LogP contribution is -2.36. The second kappa shape index (κ2) is 6.83. The van der Waals surface area contributed by atoms with E-state index in [9.17, 15) is 9.59 Å². The standard InChI is InChI=1S/C18H23N5O2S/c1-11(18-20-14-5-3-4-6-16(14)26-18)19-17(25)15-9-13-10-22(12(2)24)7-8-23(13)21-15/h9,11H,3-8,10H2,1-2H3,(H,19,25). The molecule has 4 rings (SSSR count). The SMILES string of the molecule is CC(=O)N1CCn2nc(C(=O)NC(C)c3nc4c(s3)CCCC4)cc2C1. The summed E-state index contributed by atoms with van der Waals surface area (Å²) in [5, 5.41) is 8.39. The fraction of sp³-hybridized carbons (Fsp3) is 0.556. The first-order chi connectivity index (χ1) is 12.5. The van der Waals surface area contributed by atoms with Gasteiger partial charge in [-0.05, 0) is 38.7 Å². The molecule has 0 radical (unpaired) electrons. The maximum Gasteiger partial charge on any atom is 0.272 e. The van der Waals surface area contributed by atoms with E-state index in [4.69, 9.17) is 4.98 Å². The van der Waals surface area contributed by atoms with E-state index >= 15 is 0 Å². The molecule has 138 valence electrons. The second-order valence-electron chi connectivity index (χ2n) is 7.01. The molecular weight excluding hydrogens is 350 g/mol. The van der Waals surface area contributed by atoms with E-state index in [-0.39, 0.29) is 17.9 Å². The van der Waals surface area contributed by atoms with Crippen molar-refractivity contribution in [3.05, 3.63) is 33.0 Å². The summed E-state index contributed by atoms with van der Waals surface area (Å²) in [5.41, 5.74) is 2.51. The number of hydrogen-bond donors (Lipinski definition) is 1. The molecule has 2 aromatic rings. The molecule has 0 fully saturated rings. The van der Waals surface area contributed by atoms with Gasteiger partial charge in [-0.1, -0.05) is 0 Å². The summed E-state index contributed by atoms with van der Waals surface area (Å²) < 4.78 is 1.82. The van der Waals surface area contributed by atoms with Gasteiger partial charge >= 0.3 is 0 Å². The summed E-state index contributed by atoms with van der Waals surface area (Å²) in [7, 11) is 0. The van der Waals surface area contributed by atoms with Crippen LogP contribution in [0.25, 0.3) is 0 Å². The van der Waals surface area contributed by atoms with Crippen molar-refractivity contribution < 1.29 is 9.59 Å².